The first-order valence-electron chi connectivity index (χ1n) is 7.19. The Hall–Kier alpha value is -0.770. The highest BCUT2D eigenvalue weighted by atomic mass is 32.2. The van der Waals surface area contributed by atoms with Crippen molar-refractivity contribution in [1.29, 1.82) is 0 Å². The fraction of sp³-hybridized carbons (Fsp3) is 0.571. The van der Waals surface area contributed by atoms with Crippen LogP contribution in [0.25, 0.3) is 0 Å². The maximum absolute atomic E-state index is 12.5. The van der Waals surface area contributed by atoms with Gasteiger partial charge in [0.1, 0.15) is 0 Å². The molecule has 1 saturated heterocycles. The lowest BCUT2D eigenvalue weighted by Crippen LogP contribution is -2.50. The fourth-order valence-electron chi connectivity index (χ4n) is 2.42. The Kier molecular flexibility index (Phi) is 5.65. The number of halogens is 3. The summed E-state index contributed by atoms with van der Waals surface area (Å²) in [6, 6.07) is 5.21. The van der Waals surface area contributed by atoms with Crippen LogP contribution in [0.15, 0.2) is 34.1 Å². The van der Waals surface area contributed by atoms with E-state index >= 15 is 0 Å². The summed E-state index contributed by atoms with van der Waals surface area (Å²) in [5.41, 5.74) is -4.38. The van der Waals surface area contributed by atoms with Crippen LogP contribution < -0.4 is 0 Å². The lowest BCUT2D eigenvalue weighted by Gasteiger charge is -2.36. The van der Waals surface area contributed by atoms with Crippen molar-refractivity contribution >= 4 is 21.8 Å². The van der Waals surface area contributed by atoms with Gasteiger partial charge in [0.2, 0.25) is 10.0 Å². The Morgan fingerprint density at radius 1 is 1.04 bits per heavy atom. The smallest absolute Gasteiger partial charge is 0.298 e. The van der Waals surface area contributed by atoms with Gasteiger partial charge in [0.25, 0.3) is 0 Å². The van der Waals surface area contributed by atoms with Gasteiger partial charge in [-0.3, -0.25) is 4.90 Å². The topological polar surface area (TPSA) is 40.6 Å². The van der Waals surface area contributed by atoms with Crippen LogP contribution in [-0.4, -0.2) is 55.4 Å². The molecule has 1 fully saturated rings. The maximum Gasteiger partial charge on any atom is 0.446 e. The van der Waals surface area contributed by atoms with Gasteiger partial charge >= 0.3 is 5.51 Å². The first kappa shape index (κ1) is 18.6. The summed E-state index contributed by atoms with van der Waals surface area (Å²) in [5, 5.41) is 0. The van der Waals surface area contributed by atoms with E-state index in [0.717, 1.165) is 0 Å². The Bertz CT molecular complexity index is 622. The zero-order valence-corrected chi connectivity index (χ0v) is 14.5. The zero-order chi connectivity index (χ0) is 17.3. The normalized spacial score (nSPS) is 18.5. The SMILES string of the molecule is CC(C)N1CCN(S(=O)(=O)c2ccc(SC(F)(F)F)cc2)CC1. The van der Waals surface area contributed by atoms with Gasteiger partial charge in [-0.15, -0.1) is 0 Å². The van der Waals surface area contributed by atoms with E-state index in [4.69, 9.17) is 0 Å². The predicted molar refractivity (Wildman–Crippen MR) is 83.8 cm³/mol. The van der Waals surface area contributed by atoms with Crippen LogP contribution in [0.2, 0.25) is 0 Å². The Labute approximate surface area is 138 Å². The number of nitrogens with zero attached hydrogens (tertiary/aromatic N) is 2. The molecule has 4 nitrogen and oxygen atoms in total. The van der Waals surface area contributed by atoms with Crippen molar-refractivity contribution in [2.24, 2.45) is 0 Å². The van der Waals surface area contributed by atoms with E-state index in [2.05, 4.69) is 18.7 Å². The van der Waals surface area contributed by atoms with Crippen molar-refractivity contribution in [3.05, 3.63) is 24.3 Å². The second-order valence-electron chi connectivity index (χ2n) is 5.55. The zero-order valence-electron chi connectivity index (χ0n) is 12.9. The molecule has 0 spiro atoms. The minimum Gasteiger partial charge on any atom is -0.298 e. The average molecular weight is 368 g/mol. The molecule has 0 saturated carbocycles. The summed E-state index contributed by atoms with van der Waals surface area (Å²) in [5.74, 6) is 0. The monoisotopic (exact) mass is 368 g/mol. The minimum absolute atomic E-state index is 0.0268. The van der Waals surface area contributed by atoms with Crippen LogP contribution in [0, 0.1) is 0 Å². The van der Waals surface area contributed by atoms with E-state index in [1.807, 2.05) is 0 Å². The lowest BCUT2D eigenvalue weighted by molar-refractivity contribution is -0.0328. The van der Waals surface area contributed by atoms with E-state index in [1.54, 1.807) is 0 Å². The van der Waals surface area contributed by atoms with Gasteiger partial charge in [0, 0.05) is 37.1 Å². The van der Waals surface area contributed by atoms with Crippen molar-refractivity contribution < 1.29 is 21.6 Å². The molecule has 1 aliphatic heterocycles. The molecule has 0 N–H and O–H groups in total. The third kappa shape index (κ3) is 4.85. The molecule has 0 amide bonds. The second kappa shape index (κ2) is 7.00. The molecule has 0 aliphatic carbocycles. The van der Waals surface area contributed by atoms with Crippen molar-refractivity contribution in [3.8, 4) is 0 Å². The number of thioether (sulfide) groups is 1. The van der Waals surface area contributed by atoms with E-state index in [-0.39, 0.29) is 21.6 Å². The molecule has 0 aromatic heterocycles. The van der Waals surface area contributed by atoms with Crippen molar-refractivity contribution in [3.63, 3.8) is 0 Å². The van der Waals surface area contributed by atoms with Gasteiger partial charge in [0.05, 0.1) is 4.90 Å². The molecular formula is C14H19F3N2O2S2. The molecule has 1 heterocycles. The van der Waals surface area contributed by atoms with Gasteiger partial charge < -0.3 is 0 Å². The molecule has 23 heavy (non-hydrogen) atoms. The van der Waals surface area contributed by atoms with E-state index in [9.17, 15) is 21.6 Å². The third-order valence-electron chi connectivity index (χ3n) is 3.70. The van der Waals surface area contributed by atoms with Crippen LogP contribution in [0.3, 0.4) is 0 Å². The minimum atomic E-state index is -4.38. The maximum atomic E-state index is 12.5. The predicted octanol–water partition coefficient (Wildman–Crippen LogP) is 3.01. The molecular weight excluding hydrogens is 349 g/mol. The van der Waals surface area contributed by atoms with Crippen LogP contribution in [0.4, 0.5) is 13.2 Å². The van der Waals surface area contributed by atoms with E-state index in [1.165, 1.54) is 28.6 Å². The summed E-state index contributed by atoms with van der Waals surface area (Å²) in [6.45, 7) is 6.19. The molecule has 1 aliphatic rings. The highest BCUT2D eigenvalue weighted by Gasteiger charge is 2.31. The number of piperazine rings is 1. The number of benzene rings is 1. The standard InChI is InChI=1S/C14H19F3N2O2S2/c1-11(2)18-7-9-19(10-8-18)23(20,21)13-5-3-12(4-6-13)22-14(15,16)17/h3-6,11H,7-10H2,1-2H3. The van der Waals surface area contributed by atoms with Crippen molar-refractivity contribution in [2.45, 2.75) is 35.2 Å². The van der Waals surface area contributed by atoms with Gasteiger partial charge in [-0.1, -0.05) is 0 Å². The van der Waals surface area contributed by atoms with Gasteiger partial charge in [0.15, 0.2) is 0 Å². The lowest BCUT2D eigenvalue weighted by atomic mass is 10.3. The van der Waals surface area contributed by atoms with E-state index < -0.39 is 15.5 Å². The van der Waals surface area contributed by atoms with Crippen molar-refractivity contribution in [1.82, 2.24) is 9.21 Å². The largest absolute Gasteiger partial charge is 0.446 e. The van der Waals surface area contributed by atoms with Crippen LogP contribution in [0.5, 0.6) is 0 Å². The molecule has 0 atom stereocenters. The quantitative estimate of drug-likeness (QED) is 0.766. The highest BCUT2D eigenvalue weighted by molar-refractivity contribution is 8.00. The molecule has 0 unspecified atom stereocenters. The molecule has 2 rings (SSSR count). The summed E-state index contributed by atoms with van der Waals surface area (Å²) < 4.78 is 63.4. The number of alkyl halides is 3. The highest BCUT2D eigenvalue weighted by Crippen LogP contribution is 2.37. The number of hydrogen-bond donors (Lipinski definition) is 0. The summed E-state index contributed by atoms with van der Waals surface area (Å²) >= 11 is -0.256. The molecule has 1 aromatic rings. The second-order valence-corrected chi connectivity index (χ2v) is 8.63. The molecule has 0 radical (unpaired) electrons. The molecule has 9 heteroatoms. The van der Waals surface area contributed by atoms with Gasteiger partial charge in [-0.05, 0) is 49.9 Å². The Balaban J connectivity index is 2.08. The number of sulfonamides is 1. The molecule has 0 bridgehead atoms. The summed E-state index contributed by atoms with van der Waals surface area (Å²) in [6.07, 6.45) is 0. The first-order chi connectivity index (χ1) is 10.6. The van der Waals surface area contributed by atoms with Gasteiger partial charge in [-0.2, -0.15) is 17.5 Å². The fourth-order valence-corrected chi connectivity index (χ4v) is 4.38. The number of hydrogen-bond acceptors (Lipinski definition) is 4. The summed E-state index contributed by atoms with van der Waals surface area (Å²) in [4.78, 5) is 2.19. The third-order valence-corrected chi connectivity index (χ3v) is 6.35. The van der Waals surface area contributed by atoms with Gasteiger partial charge in [-0.25, -0.2) is 8.42 Å². The average Bonchev–Trinajstić information content (AvgIpc) is 2.46. The molecule has 1 aromatic carbocycles. The van der Waals surface area contributed by atoms with E-state index in [0.29, 0.717) is 32.2 Å². The summed E-state index contributed by atoms with van der Waals surface area (Å²) in [7, 11) is -3.66. The number of rotatable bonds is 4. The van der Waals surface area contributed by atoms with Crippen LogP contribution in [-0.2, 0) is 10.0 Å². The molecule has 130 valence electrons. The Morgan fingerprint density at radius 2 is 1.57 bits per heavy atom. The first-order valence-corrected chi connectivity index (χ1v) is 9.45. The van der Waals surface area contributed by atoms with Crippen molar-refractivity contribution in [2.75, 3.05) is 26.2 Å². The van der Waals surface area contributed by atoms with Crippen LogP contribution in [0.1, 0.15) is 13.8 Å². The van der Waals surface area contributed by atoms with Crippen LogP contribution >= 0.6 is 11.8 Å². The Morgan fingerprint density at radius 3 is 2.00 bits per heavy atom.